The number of nitrogens with one attached hydrogen (secondary N) is 2. The quantitative estimate of drug-likeness (QED) is 0.615. The number of nitrogens with zero attached hydrogens (tertiary/aromatic N) is 1. The first-order chi connectivity index (χ1) is 13.4. The van der Waals surface area contributed by atoms with Crippen molar-refractivity contribution < 1.29 is 17.9 Å². The van der Waals surface area contributed by atoms with Crippen LogP contribution in [0.4, 0.5) is 17.2 Å². The Kier molecular flexibility index (Phi) is 5.60. The molecule has 0 saturated carbocycles. The van der Waals surface area contributed by atoms with Crippen molar-refractivity contribution in [1.82, 2.24) is 4.98 Å². The van der Waals surface area contributed by atoms with Crippen LogP contribution in [0.2, 0.25) is 0 Å². The SMILES string of the molecule is COC(=O)c1ccccc1Nc1ccc(NS(=O)(=O)c2ccccc2C)nc1. The molecule has 0 radical (unpaired) electrons. The average molecular weight is 397 g/mol. The Morgan fingerprint density at radius 1 is 1.00 bits per heavy atom. The van der Waals surface area contributed by atoms with Crippen LogP contribution >= 0.6 is 0 Å². The summed E-state index contributed by atoms with van der Waals surface area (Å²) in [6, 6.07) is 16.8. The third-order valence-corrected chi connectivity index (χ3v) is 5.51. The van der Waals surface area contributed by atoms with Crippen molar-refractivity contribution in [3.8, 4) is 0 Å². The van der Waals surface area contributed by atoms with Crippen molar-refractivity contribution in [1.29, 1.82) is 0 Å². The second-order valence-corrected chi connectivity index (χ2v) is 7.62. The number of aryl methyl sites for hydroxylation is 1. The number of aromatic nitrogens is 1. The summed E-state index contributed by atoms with van der Waals surface area (Å²) in [5.74, 6) is -0.270. The molecule has 0 fully saturated rings. The number of hydrogen-bond acceptors (Lipinski definition) is 6. The highest BCUT2D eigenvalue weighted by Gasteiger charge is 2.17. The monoisotopic (exact) mass is 397 g/mol. The fourth-order valence-electron chi connectivity index (χ4n) is 2.61. The number of carbonyl (C=O) groups excluding carboxylic acids is 1. The van der Waals surface area contributed by atoms with E-state index in [-0.39, 0.29) is 10.7 Å². The molecule has 3 aromatic rings. The normalized spacial score (nSPS) is 10.9. The molecule has 0 aliphatic carbocycles. The van der Waals surface area contributed by atoms with Crippen LogP contribution in [-0.4, -0.2) is 26.5 Å². The van der Waals surface area contributed by atoms with E-state index in [1.54, 1.807) is 61.5 Å². The topological polar surface area (TPSA) is 97.4 Å². The number of sulfonamides is 1. The van der Waals surface area contributed by atoms with E-state index in [2.05, 4.69) is 15.0 Å². The molecule has 0 unspecified atom stereocenters. The molecule has 1 heterocycles. The van der Waals surface area contributed by atoms with Gasteiger partial charge in [-0.3, -0.25) is 4.72 Å². The van der Waals surface area contributed by atoms with E-state index in [0.717, 1.165) is 0 Å². The van der Waals surface area contributed by atoms with Crippen LogP contribution in [0.3, 0.4) is 0 Å². The molecule has 0 atom stereocenters. The first-order valence-electron chi connectivity index (χ1n) is 8.39. The fraction of sp³-hybridized carbons (Fsp3) is 0.100. The maximum atomic E-state index is 12.5. The summed E-state index contributed by atoms with van der Waals surface area (Å²) in [5, 5.41) is 3.08. The number of carbonyl (C=O) groups is 1. The number of benzene rings is 2. The zero-order valence-corrected chi connectivity index (χ0v) is 16.2. The maximum absolute atomic E-state index is 12.5. The van der Waals surface area contributed by atoms with E-state index >= 15 is 0 Å². The molecule has 28 heavy (non-hydrogen) atoms. The van der Waals surface area contributed by atoms with Crippen LogP contribution < -0.4 is 10.0 Å². The highest BCUT2D eigenvalue weighted by molar-refractivity contribution is 7.92. The van der Waals surface area contributed by atoms with Crippen molar-refractivity contribution in [3.63, 3.8) is 0 Å². The van der Waals surface area contributed by atoms with Gasteiger partial charge in [-0.05, 0) is 42.8 Å². The lowest BCUT2D eigenvalue weighted by molar-refractivity contribution is 0.0602. The van der Waals surface area contributed by atoms with Gasteiger partial charge >= 0.3 is 5.97 Å². The molecule has 0 spiro atoms. The summed E-state index contributed by atoms with van der Waals surface area (Å²) in [7, 11) is -2.42. The number of para-hydroxylation sites is 1. The molecule has 144 valence electrons. The van der Waals surface area contributed by atoms with E-state index in [9.17, 15) is 13.2 Å². The van der Waals surface area contributed by atoms with Crippen molar-refractivity contribution in [2.75, 3.05) is 17.1 Å². The predicted octanol–water partition coefficient (Wildman–Crippen LogP) is 3.72. The number of anilines is 3. The van der Waals surface area contributed by atoms with Gasteiger partial charge in [-0.25, -0.2) is 18.2 Å². The lowest BCUT2D eigenvalue weighted by Gasteiger charge is -2.12. The number of hydrogen-bond donors (Lipinski definition) is 2. The Morgan fingerprint density at radius 3 is 2.39 bits per heavy atom. The van der Waals surface area contributed by atoms with Crippen LogP contribution in [0.15, 0.2) is 71.8 Å². The molecule has 7 nitrogen and oxygen atoms in total. The van der Waals surface area contributed by atoms with Crippen molar-refractivity contribution in [3.05, 3.63) is 78.0 Å². The van der Waals surface area contributed by atoms with Crippen LogP contribution in [0, 0.1) is 6.92 Å². The lowest BCUT2D eigenvalue weighted by Crippen LogP contribution is -2.15. The molecular formula is C20H19N3O4S. The van der Waals surface area contributed by atoms with Gasteiger partial charge in [-0.15, -0.1) is 0 Å². The zero-order valence-electron chi connectivity index (χ0n) is 15.3. The van der Waals surface area contributed by atoms with Crippen molar-refractivity contribution >= 4 is 33.2 Å². The van der Waals surface area contributed by atoms with Crippen LogP contribution in [0.1, 0.15) is 15.9 Å². The standard InChI is InChI=1S/C20H19N3O4S/c1-14-7-3-6-10-18(14)28(25,26)23-19-12-11-15(13-21-19)22-17-9-5-4-8-16(17)20(24)27-2/h3-13,22H,1-2H3,(H,21,23). The first-order valence-corrected chi connectivity index (χ1v) is 9.88. The van der Waals surface area contributed by atoms with Gasteiger partial charge in [-0.2, -0.15) is 0 Å². The van der Waals surface area contributed by atoms with Crippen LogP contribution in [0.25, 0.3) is 0 Å². The van der Waals surface area contributed by atoms with Gasteiger partial charge in [0, 0.05) is 0 Å². The van der Waals surface area contributed by atoms with E-state index in [0.29, 0.717) is 22.5 Å². The Bertz CT molecular complexity index is 1100. The van der Waals surface area contributed by atoms with Gasteiger partial charge in [0.15, 0.2) is 0 Å². The van der Waals surface area contributed by atoms with Crippen LogP contribution in [0.5, 0.6) is 0 Å². The van der Waals surface area contributed by atoms with E-state index in [1.807, 2.05) is 0 Å². The largest absolute Gasteiger partial charge is 0.465 e. The smallest absolute Gasteiger partial charge is 0.339 e. The molecule has 0 aliphatic heterocycles. The molecule has 0 saturated heterocycles. The number of rotatable bonds is 6. The molecular weight excluding hydrogens is 378 g/mol. The third kappa shape index (κ3) is 4.29. The van der Waals surface area contributed by atoms with E-state index in [1.165, 1.54) is 19.4 Å². The number of ether oxygens (including phenoxy) is 1. The lowest BCUT2D eigenvalue weighted by atomic mass is 10.1. The first kappa shape index (κ1) is 19.4. The van der Waals surface area contributed by atoms with Gasteiger partial charge in [0.25, 0.3) is 10.0 Å². The second kappa shape index (κ2) is 8.10. The molecule has 1 aromatic heterocycles. The second-order valence-electron chi connectivity index (χ2n) is 5.97. The minimum Gasteiger partial charge on any atom is -0.465 e. The Balaban J connectivity index is 1.78. The fourth-order valence-corrected chi connectivity index (χ4v) is 3.87. The van der Waals surface area contributed by atoms with E-state index < -0.39 is 16.0 Å². The Labute approximate surface area is 163 Å². The number of pyridine rings is 1. The van der Waals surface area contributed by atoms with Gasteiger partial charge < -0.3 is 10.1 Å². The highest BCUT2D eigenvalue weighted by atomic mass is 32.2. The van der Waals surface area contributed by atoms with Gasteiger partial charge in [0.2, 0.25) is 0 Å². The molecule has 0 amide bonds. The minimum absolute atomic E-state index is 0.190. The summed E-state index contributed by atoms with van der Waals surface area (Å²) in [6.45, 7) is 1.73. The number of esters is 1. The van der Waals surface area contributed by atoms with Crippen LogP contribution in [-0.2, 0) is 14.8 Å². The molecule has 2 N–H and O–H groups in total. The summed E-state index contributed by atoms with van der Waals surface area (Å²) >= 11 is 0. The van der Waals surface area contributed by atoms with E-state index in [4.69, 9.17) is 4.74 Å². The van der Waals surface area contributed by atoms with Crippen molar-refractivity contribution in [2.24, 2.45) is 0 Å². The molecule has 2 aromatic carbocycles. The zero-order chi connectivity index (χ0) is 20.1. The predicted molar refractivity (Wildman–Crippen MR) is 107 cm³/mol. The average Bonchev–Trinajstić information content (AvgIpc) is 2.69. The summed E-state index contributed by atoms with van der Waals surface area (Å²) in [6.07, 6.45) is 1.48. The van der Waals surface area contributed by atoms with Gasteiger partial charge in [0.1, 0.15) is 5.82 Å². The summed E-state index contributed by atoms with van der Waals surface area (Å²) < 4.78 is 32.3. The van der Waals surface area contributed by atoms with Gasteiger partial charge in [-0.1, -0.05) is 30.3 Å². The summed E-state index contributed by atoms with van der Waals surface area (Å²) in [4.78, 5) is 16.2. The number of methoxy groups -OCH3 is 1. The molecule has 0 bridgehead atoms. The maximum Gasteiger partial charge on any atom is 0.339 e. The van der Waals surface area contributed by atoms with Crippen molar-refractivity contribution in [2.45, 2.75) is 11.8 Å². The highest BCUT2D eigenvalue weighted by Crippen LogP contribution is 2.23. The Hall–Kier alpha value is -3.39. The molecule has 8 heteroatoms. The van der Waals surface area contributed by atoms with Gasteiger partial charge in [0.05, 0.1) is 35.1 Å². The summed E-state index contributed by atoms with van der Waals surface area (Å²) in [5.41, 5.74) is 2.18. The molecule has 3 rings (SSSR count). The third-order valence-electron chi connectivity index (χ3n) is 4.00. The minimum atomic E-state index is -3.73. The molecule has 0 aliphatic rings. The Morgan fingerprint density at radius 2 is 1.71 bits per heavy atom.